The molecule has 0 spiro atoms. The van der Waals surface area contributed by atoms with Gasteiger partial charge in [-0.15, -0.1) is 0 Å². The van der Waals surface area contributed by atoms with Crippen LogP contribution in [0.1, 0.15) is 21.5 Å². The predicted octanol–water partition coefficient (Wildman–Crippen LogP) is 4.87. The topological polar surface area (TPSA) is 80.8 Å². The fourth-order valence-electron chi connectivity index (χ4n) is 3.05. The van der Waals surface area contributed by atoms with E-state index in [1.807, 2.05) is 18.2 Å². The van der Waals surface area contributed by atoms with Crippen molar-refractivity contribution < 1.29 is 19.1 Å². The highest BCUT2D eigenvalue weighted by Gasteiger charge is 2.33. The molecule has 1 N–H and O–H groups in total. The van der Waals surface area contributed by atoms with Gasteiger partial charge < -0.3 is 9.47 Å². The summed E-state index contributed by atoms with van der Waals surface area (Å²) in [6, 6.07) is 15.8. The number of thiocarbonyl (C=S) groups is 1. The number of nitrogens with one attached hydrogen (secondary N) is 1. The van der Waals surface area contributed by atoms with E-state index >= 15 is 0 Å². The maximum atomic E-state index is 12.9. The molecule has 1 aromatic heterocycles. The lowest BCUT2D eigenvalue weighted by molar-refractivity contribution is -0.123. The van der Waals surface area contributed by atoms with Crippen molar-refractivity contribution >= 4 is 57.8 Å². The Balaban J connectivity index is 1.47. The number of rotatable bonds is 7. The van der Waals surface area contributed by atoms with Gasteiger partial charge in [0.25, 0.3) is 11.8 Å². The van der Waals surface area contributed by atoms with Gasteiger partial charge in [-0.25, -0.2) is 0 Å². The van der Waals surface area contributed by atoms with Crippen molar-refractivity contribution in [2.45, 2.75) is 6.61 Å². The highest BCUT2D eigenvalue weighted by Crippen LogP contribution is 2.34. The summed E-state index contributed by atoms with van der Waals surface area (Å²) in [5.74, 6) is 0.163. The molecule has 7 nitrogen and oxygen atoms in total. The predicted molar refractivity (Wildman–Crippen MR) is 135 cm³/mol. The van der Waals surface area contributed by atoms with Crippen LogP contribution in [0, 0.1) is 0 Å². The van der Waals surface area contributed by atoms with Crippen LogP contribution in [-0.4, -0.2) is 33.2 Å². The van der Waals surface area contributed by atoms with Crippen LogP contribution in [0.4, 0.5) is 0 Å². The molecule has 1 saturated heterocycles. The molecule has 0 unspecified atom stereocenters. The van der Waals surface area contributed by atoms with Crippen LogP contribution in [0.3, 0.4) is 0 Å². The molecule has 0 radical (unpaired) electrons. The van der Waals surface area contributed by atoms with Crippen molar-refractivity contribution in [1.82, 2.24) is 15.4 Å². The second kappa shape index (κ2) is 10.7. The molecule has 2 aromatic carbocycles. The minimum absolute atomic E-state index is 0.227. The fraction of sp³-hybridized carbons (Fsp3) is 0.0833. The number of hydrogen-bond acceptors (Lipinski definition) is 7. The standard InChI is InChI=1S/C24H18ClN3O4S2/c1-31-20-12-15(6-7-19(20)32-14-17-4-2-3-5-18(17)25)13-21-23(30)28(24(33)34-21)27-22(29)16-8-10-26-11-9-16/h2-13H,14H2,1H3,(H,27,29)/b21-13-. The van der Waals surface area contributed by atoms with E-state index in [-0.39, 0.29) is 10.9 Å². The molecule has 10 heteroatoms. The summed E-state index contributed by atoms with van der Waals surface area (Å²) in [6.07, 6.45) is 4.67. The molecular formula is C24H18ClN3O4S2. The number of hydrazine groups is 1. The van der Waals surface area contributed by atoms with E-state index in [0.29, 0.717) is 32.6 Å². The highest BCUT2D eigenvalue weighted by molar-refractivity contribution is 8.26. The van der Waals surface area contributed by atoms with Crippen molar-refractivity contribution in [3.63, 3.8) is 0 Å². The molecule has 1 aliphatic heterocycles. The number of carbonyl (C=O) groups is 2. The van der Waals surface area contributed by atoms with Gasteiger partial charge in [-0.3, -0.25) is 20.0 Å². The second-order valence-electron chi connectivity index (χ2n) is 6.98. The summed E-state index contributed by atoms with van der Waals surface area (Å²) >= 11 is 12.6. The molecule has 0 aliphatic carbocycles. The molecule has 2 heterocycles. The Kier molecular flexibility index (Phi) is 7.46. The zero-order valence-electron chi connectivity index (χ0n) is 17.9. The van der Waals surface area contributed by atoms with E-state index in [1.54, 1.807) is 42.5 Å². The Morgan fingerprint density at radius 2 is 1.94 bits per heavy atom. The first kappa shape index (κ1) is 23.7. The lowest BCUT2D eigenvalue weighted by Gasteiger charge is -2.15. The van der Waals surface area contributed by atoms with E-state index in [1.165, 1.54) is 19.5 Å². The van der Waals surface area contributed by atoms with Gasteiger partial charge >= 0.3 is 0 Å². The summed E-state index contributed by atoms with van der Waals surface area (Å²) < 4.78 is 11.6. The normalized spacial score (nSPS) is 14.4. The average molecular weight is 512 g/mol. The van der Waals surface area contributed by atoms with Crippen LogP contribution in [0.15, 0.2) is 71.9 Å². The van der Waals surface area contributed by atoms with Gasteiger partial charge in [0.2, 0.25) is 0 Å². The van der Waals surface area contributed by atoms with Gasteiger partial charge in [0.1, 0.15) is 6.61 Å². The van der Waals surface area contributed by atoms with Gasteiger partial charge in [0.15, 0.2) is 15.8 Å². The maximum absolute atomic E-state index is 12.9. The van der Waals surface area contributed by atoms with Crippen LogP contribution in [0.2, 0.25) is 5.02 Å². The van der Waals surface area contributed by atoms with Crippen LogP contribution in [-0.2, 0) is 11.4 Å². The van der Waals surface area contributed by atoms with E-state index < -0.39 is 11.8 Å². The van der Waals surface area contributed by atoms with E-state index in [4.69, 9.17) is 33.3 Å². The Hall–Kier alpha value is -3.40. The first-order valence-electron chi connectivity index (χ1n) is 9.99. The van der Waals surface area contributed by atoms with Gasteiger partial charge in [-0.2, -0.15) is 5.01 Å². The molecule has 4 rings (SSSR count). The van der Waals surface area contributed by atoms with E-state index in [0.717, 1.165) is 22.3 Å². The van der Waals surface area contributed by atoms with Crippen LogP contribution >= 0.6 is 35.6 Å². The molecule has 3 aromatic rings. The lowest BCUT2D eigenvalue weighted by Crippen LogP contribution is -2.44. The molecule has 1 aliphatic rings. The summed E-state index contributed by atoms with van der Waals surface area (Å²) in [7, 11) is 1.54. The van der Waals surface area contributed by atoms with Gasteiger partial charge in [-0.05, 0) is 54.2 Å². The van der Waals surface area contributed by atoms with Gasteiger partial charge in [0, 0.05) is 28.5 Å². The summed E-state index contributed by atoms with van der Waals surface area (Å²) in [5.41, 5.74) is 4.47. The number of benzene rings is 2. The molecular weight excluding hydrogens is 494 g/mol. The summed E-state index contributed by atoms with van der Waals surface area (Å²) in [4.78, 5) is 29.5. The van der Waals surface area contributed by atoms with Crippen LogP contribution in [0.5, 0.6) is 11.5 Å². The van der Waals surface area contributed by atoms with Crippen LogP contribution < -0.4 is 14.9 Å². The highest BCUT2D eigenvalue weighted by atomic mass is 35.5. The molecule has 1 fully saturated rings. The minimum atomic E-state index is -0.457. The number of nitrogens with zero attached hydrogens (tertiary/aromatic N) is 2. The Labute approximate surface area is 210 Å². The molecule has 0 saturated carbocycles. The van der Waals surface area contributed by atoms with Crippen molar-refractivity contribution in [2.24, 2.45) is 0 Å². The number of aromatic nitrogens is 1. The minimum Gasteiger partial charge on any atom is -0.493 e. The quantitative estimate of drug-likeness (QED) is 0.358. The Bertz CT molecular complexity index is 1280. The second-order valence-corrected chi connectivity index (χ2v) is 9.07. The molecule has 2 amide bonds. The monoisotopic (exact) mass is 511 g/mol. The smallest absolute Gasteiger partial charge is 0.285 e. The fourth-order valence-corrected chi connectivity index (χ4v) is 4.42. The van der Waals surface area contributed by atoms with Crippen molar-refractivity contribution in [2.75, 3.05) is 7.11 Å². The number of thioether (sulfide) groups is 1. The largest absolute Gasteiger partial charge is 0.493 e. The number of pyridine rings is 1. The van der Waals surface area contributed by atoms with E-state index in [2.05, 4.69) is 10.4 Å². The Morgan fingerprint density at radius 1 is 1.18 bits per heavy atom. The molecule has 0 atom stereocenters. The zero-order valence-corrected chi connectivity index (χ0v) is 20.2. The van der Waals surface area contributed by atoms with E-state index in [9.17, 15) is 9.59 Å². The number of amides is 2. The van der Waals surface area contributed by atoms with Crippen molar-refractivity contribution in [3.05, 3.63) is 93.6 Å². The number of halogens is 1. The third kappa shape index (κ3) is 5.39. The van der Waals surface area contributed by atoms with Crippen LogP contribution in [0.25, 0.3) is 6.08 Å². The molecule has 34 heavy (non-hydrogen) atoms. The lowest BCUT2D eigenvalue weighted by atomic mass is 10.2. The number of hydrogen-bond donors (Lipinski definition) is 1. The van der Waals surface area contributed by atoms with Gasteiger partial charge in [0.05, 0.1) is 12.0 Å². The SMILES string of the molecule is COc1cc(/C=C2\SC(=S)N(NC(=O)c3ccncc3)C2=O)ccc1OCc1ccccc1Cl. The number of carbonyl (C=O) groups excluding carboxylic acids is 2. The first-order valence-corrected chi connectivity index (χ1v) is 11.6. The number of ether oxygens (including phenoxy) is 2. The summed E-state index contributed by atoms with van der Waals surface area (Å²) in [6.45, 7) is 0.283. The van der Waals surface area contributed by atoms with Gasteiger partial charge in [-0.1, -0.05) is 47.6 Å². The molecule has 0 bridgehead atoms. The Morgan fingerprint density at radius 3 is 2.68 bits per heavy atom. The number of methoxy groups -OCH3 is 1. The average Bonchev–Trinajstić information content (AvgIpc) is 3.11. The zero-order chi connectivity index (χ0) is 24.1. The molecule has 172 valence electrons. The third-order valence-corrected chi connectivity index (χ3v) is 6.45. The summed E-state index contributed by atoms with van der Waals surface area (Å²) in [5, 5.41) is 1.68. The van der Waals surface area contributed by atoms with Crippen molar-refractivity contribution in [3.8, 4) is 11.5 Å². The van der Waals surface area contributed by atoms with Crippen molar-refractivity contribution in [1.29, 1.82) is 0 Å². The maximum Gasteiger partial charge on any atom is 0.285 e. The first-order chi connectivity index (χ1) is 16.5. The third-order valence-electron chi connectivity index (χ3n) is 4.78.